The van der Waals surface area contributed by atoms with Gasteiger partial charge in [-0.05, 0) is 12.3 Å². The molecular weight excluding hydrogens is 218 g/mol. The first-order valence-electron chi connectivity index (χ1n) is 5.39. The molecule has 3 heteroatoms. The zero-order valence-electron chi connectivity index (χ0n) is 9.74. The van der Waals surface area contributed by atoms with E-state index in [1.54, 1.807) is 6.08 Å². The molecule has 0 spiro atoms. The second kappa shape index (κ2) is 8.25. The van der Waals surface area contributed by atoms with Crippen molar-refractivity contribution in [2.45, 2.75) is 6.54 Å². The van der Waals surface area contributed by atoms with Crippen LogP contribution in [0.15, 0.2) is 36.9 Å². The molecule has 0 aliphatic rings. The smallest absolute Gasteiger partial charge is 0.124 e. The third kappa shape index (κ3) is 4.73. The quantitative estimate of drug-likeness (QED) is 0.555. The molecule has 1 N–H and O–H groups in total. The minimum absolute atomic E-state index is 0.557. The van der Waals surface area contributed by atoms with E-state index >= 15 is 0 Å². The minimum atomic E-state index is 0.557. The summed E-state index contributed by atoms with van der Waals surface area (Å²) in [6, 6.07) is 8.11. The summed E-state index contributed by atoms with van der Waals surface area (Å²) >= 11 is 1.85. The molecule has 0 fully saturated rings. The number of ether oxygens (including phenoxy) is 1. The predicted octanol–water partition coefficient (Wildman–Crippen LogP) is 2.70. The van der Waals surface area contributed by atoms with Gasteiger partial charge in [0.15, 0.2) is 0 Å². The molecule has 1 aromatic rings. The number of hydrogen-bond donors (Lipinski definition) is 1. The number of hydrogen-bond acceptors (Lipinski definition) is 3. The first kappa shape index (κ1) is 13.1. The Hall–Kier alpha value is -0.930. The molecule has 2 nitrogen and oxygen atoms in total. The topological polar surface area (TPSA) is 21.3 Å². The van der Waals surface area contributed by atoms with Crippen LogP contribution in [0.1, 0.15) is 5.56 Å². The lowest BCUT2D eigenvalue weighted by Gasteiger charge is -2.10. The normalized spacial score (nSPS) is 10.1. The predicted molar refractivity (Wildman–Crippen MR) is 72.2 cm³/mol. The van der Waals surface area contributed by atoms with Gasteiger partial charge in [-0.25, -0.2) is 0 Å². The van der Waals surface area contributed by atoms with Gasteiger partial charge in [-0.15, -0.1) is 0 Å². The molecule has 0 aliphatic heterocycles. The van der Waals surface area contributed by atoms with Crippen LogP contribution in [0.5, 0.6) is 5.75 Å². The highest BCUT2D eigenvalue weighted by Crippen LogP contribution is 2.17. The van der Waals surface area contributed by atoms with Gasteiger partial charge in [0.2, 0.25) is 0 Å². The molecule has 0 saturated heterocycles. The summed E-state index contributed by atoms with van der Waals surface area (Å²) in [6.45, 7) is 6.09. The monoisotopic (exact) mass is 237 g/mol. The number of benzene rings is 1. The maximum Gasteiger partial charge on any atom is 0.124 e. The summed E-state index contributed by atoms with van der Waals surface area (Å²) in [5, 5.41) is 3.39. The molecular formula is C13H19NOS. The summed E-state index contributed by atoms with van der Waals surface area (Å²) < 4.78 is 5.58. The molecule has 1 aromatic carbocycles. The van der Waals surface area contributed by atoms with Gasteiger partial charge in [0, 0.05) is 24.4 Å². The van der Waals surface area contributed by atoms with Crippen LogP contribution in [-0.2, 0) is 6.54 Å². The summed E-state index contributed by atoms with van der Waals surface area (Å²) in [6.07, 6.45) is 3.88. The second-order valence-corrected chi connectivity index (χ2v) is 4.36. The standard InChI is InChI=1S/C13H19NOS/c1-3-9-15-13-7-5-4-6-12(13)11-14-8-10-16-2/h3-7,14H,1,8-11H2,2H3. The maximum atomic E-state index is 5.58. The van der Waals surface area contributed by atoms with Crippen molar-refractivity contribution < 1.29 is 4.74 Å². The molecule has 0 aromatic heterocycles. The zero-order chi connectivity index (χ0) is 11.6. The Labute approximate surface area is 102 Å². The molecule has 88 valence electrons. The van der Waals surface area contributed by atoms with Crippen molar-refractivity contribution in [1.82, 2.24) is 5.32 Å². The van der Waals surface area contributed by atoms with Gasteiger partial charge in [-0.2, -0.15) is 11.8 Å². The second-order valence-electron chi connectivity index (χ2n) is 3.38. The molecule has 0 saturated carbocycles. The maximum absolute atomic E-state index is 5.58. The van der Waals surface area contributed by atoms with E-state index in [4.69, 9.17) is 4.74 Å². The van der Waals surface area contributed by atoms with Crippen LogP contribution in [0, 0.1) is 0 Å². The largest absolute Gasteiger partial charge is 0.489 e. The Morgan fingerprint density at radius 3 is 3.00 bits per heavy atom. The van der Waals surface area contributed by atoms with Crippen molar-refractivity contribution >= 4 is 11.8 Å². The van der Waals surface area contributed by atoms with Crippen molar-refractivity contribution in [2.24, 2.45) is 0 Å². The van der Waals surface area contributed by atoms with Crippen LogP contribution in [0.2, 0.25) is 0 Å². The van der Waals surface area contributed by atoms with E-state index in [0.717, 1.165) is 24.6 Å². The number of nitrogens with one attached hydrogen (secondary N) is 1. The summed E-state index contributed by atoms with van der Waals surface area (Å²) in [5.41, 5.74) is 1.20. The molecule has 0 bridgehead atoms. The molecule has 0 amide bonds. The number of rotatable bonds is 8. The Bertz CT molecular complexity index is 315. The van der Waals surface area contributed by atoms with Gasteiger partial charge in [0.05, 0.1) is 0 Å². The first-order chi connectivity index (χ1) is 7.88. The third-order valence-electron chi connectivity index (χ3n) is 2.13. The van der Waals surface area contributed by atoms with Gasteiger partial charge in [-0.1, -0.05) is 30.9 Å². The van der Waals surface area contributed by atoms with Crippen LogP contribution < -0.4 is 10.1 Å². The Balaban J connectivity index is 2.46. The van der Waals surface area contributed by atoms with Crippen LogP contribution in [-0.4, -0.2) is 25.2 Å². The van der Waals surface area contributed by atoms with Crippen LogP contribution in [0.3, 0.4) is 0 Å². The number of thioether (sulfide) groups is 1. The van der Waals surface area contributed by atoms with E-state index in [0.29, 0.717) is 6.61 Å². The fourth-order valence-electron chi connectivity index (χ4n) is 1.34. The molecule has 0 radical (unpaired) electrons. The lowest BCUT2D eigenvalue weighted by atomic mass is 10.2. The van der Waals surface area contributed by atoms with Gasteiger partial charge >= 0.3 is 0 Å². The minimum Gasteiger partial charge on any atom is -0.489 e. The Kier molecular flexibility index (Phi) is 6.77. The van der Waals surface area contributed by atoms with E-state index in [1.165, 1.54) is 5.56 Å². The summed E-state index contributed by atoms with van der Waals surface area (Å²) in [4.78, 5) is 0. The van der Waals surface area contributed by atoms with Crippen molar-refractivity contribution in [3.63, 3.8) is 0 Å². The highest BCUT2D eigenvalue weighted by molar-refractivity contribution is 7.98. The average Bonchev–Trinajstić information content (AvgIpc) is 2.33. The van der Waals surface area contributed by atoms with E-state index in [2.05, 4.69) is 24.2 Å². The highest BCUT2D eigenvalue weighted by Gasteiger charge is 2.01. The zero-order valence-corrected chi connectivity index (χ0v) is 10.6. The number of para-hydroxylation sites is 1. The van der Waals surface area contributed by atoms with Crippen LogP contribution in [0.4, 0.5) is 0 Å². The Morgan fingerprint density at radius 2 is 2.25 bits per heavy atom. The van der Waals surface area contributed by atoms with Crippen LogP contribution >= 0.6 is 11.8 Å². The lowest BCUT2D eigenvalue weighted by Crippen LogP contribution is -2.17. The molecule has 0 unspecified atom stereocenters. The summed E-state index contributed by atoms with van der Waals surface area (Å²) in [5.74, 6) is 2.08. The van der Waals surface area contributed by atoms with Crippen molar-refractivity contribution in [1.29, 1.82) is 0 Å². The van der Waals surface area contributed by atoms with Gasteiger partial charge in [0.25, 0.3) is 0 Å². The lowest BCUT2D eigenvalue weighted by molar-refractivity contribution is 0.358. The Morgan fingerprint density at radius 1 is 1.44 bits per heavy atom. The van der Waals surface area contributed by atoms with E-state index in [1.807, 2.05) is 30.0 Å². The molecule has 1 rings (SSSR count). The summed E-state index contributed by atoms with van der Waals surface area (Å²) in [7, 11) is 0. The van der Waals surface area contributed by atoms with E-state index < -0.39 is 0 Å². The van der Waals surface area contributed by atoms with Crippen molar-refractivity contribution in [3.8, 4) is 5.75 Å². The highest BCUT2D eigenvalue weighted by atomic mass is 32.2. The van der Waals surface area contributed by atoms with Crippen molar-refractivity contribution in [3.05, 3.63) is 42.5 Å². The van der Waals surface area contributed by atoms with Crippen molar-refractivity contribution in [2.75, 3.05) is 25.2 Å². The molecule has 0 atom stereocenters. The van der Waals surface area contributed by atoms with E-state index in [-0.39, 0.29) is 0 Å². The molecule has 16 heavy (non-hydrogen) atoms. The van der Waals surface area contributed by atoms with E-state index in [9.17, 15) is 0 Å². The third-order valence-corrected chi connectivity index (χ3v) is 2.74. The van der Waals surface area contributed by atoms with Gasteiger partial charge in [0.1, 0.15) is 12.4 Å². The average molecular weight is 237 g/mol. The van der Waals surface area contributed by atoms with Gasteiger partial charge in [-0.3, -0.25) is 0 Å². The van der Waals surface area contributed by atoms with Gasteiger partial charge < -0.3 is 10.1 Å². The fraction of sp³-hybridized carbons (Fsp3) is 0.385. The fourth-order valence-corrected chi connectivity index (χ4v) is 1.69. The van der Waals surface area contributed by atoms with Crippen LogP contribution in [0.25, 0.3) is 0 Å². The molecule has 0 heterocycles. The molecule has 0 aliphatic carbocycles. The first-order valence-corrected chi connectivity index (χ1v) is 6.79. The SMILES string of the molecule is C=CCOc1ccccc1CNCCSC.